The molecule has 1 saturated heterocycles. The predicted molar refractivity (Wildman–Crippen MR) is 82.4 cm³/mol. The molecular formula is C16H23N3O2. The van der Waals surface area contributed by atoms with Crippen LogP contribution in [0.3, 0.4) is 0 Å². The van der Waals surface area contributed by atoms with E-state index < -0.39 is 6.10 Å². The summed E-state index contributed by atoms with van der Waals surface area (Å²) in [7, 11) is 0. The molecule has 2 aliphatic rings. The Bertz CT molecular complexity index is 520. The predicted octanol–water partition coefficient (Wildman–Crippen LogP) is 0.277. The molecule has 2 heterocycles. The Morgan fingerprint density at radius 3 is 3.05 bits per heavy atom. The van der Waals surface area contributed by atoms with Crippen molar-refractivity contribution in [1.82, 2.24) is 10.6 Å². The fraction of sp³-hybridized carbons (Fsp3) is 0.562. The highest BCUT2D eigenvalue weighted by atomic mass is 16.3. The van der Waals surface area contributed by atoms with Gasteiger partial charge < -0.3 is 20.6 Å². The van der Waals surface area contributed by atoms with E-state index in [4.69, 9.17) is 0 Å². The van der Waals surface area contributed by atoms with Gasteiger partial charge in [0, 0.05) is 31.4 Å². The number of hydrogen-bond donors (Lipinski definition) is 3. The van der Waals surface area contributed by atoms with Crippen LogP contribution in [-0.2, 0) is 11.2 Å². The summed E-state index contributed by atoms with van der Waals surface area (Å²) in [6.07, 6.45) is 1.18. The van der Waals surface area contributed by atoms with E-state index in [9.17, 15) is 9.90 Å². The maximum absolute atomic E-state index is 12.0. The SMILES string of the molecule is CC1Cc2ccccc2N1CCNC(=O)C1CC(O)CN1. The van der Waals surface area contributed by atoms with Crippen LogP contribution in [0, 0.1) is 0 Å². The summed E-state index contributed by atoms with van der Waals surface area (Å²) in [5.74, 6) is -0.00770. The van der Waals surface area contributed by atoms with Gasteiger partial charge in [0.25, 0.3) is 0 Å². The molecule has 3 atom stereocenters. The summed E-state index contributed by atoms with van der Waals surface area (Å²) in [6.45, 7) is 4.18. The largest absolute Gasteiger partial charge is 0.392 e. The molecule has 0 bridgehead atoms. The summed E-state index contributed by atoms with van der Waals surface area (Å²) < 4.78 is 0. The molecule has 1 aromatic carbocycles. The second-order valence-corrected chi connectivity index (χ2v) is 6.02. The van der Waals surface area contributed by atoms with E-state index >= 15 is 0 Å². The van der Waals surface area contributed by atoms with Gasteiger partial charge in [-0.15, -0.1) is 0 Å². The van der Waals surface area contributed by atoms with Crippen molar-refractivity contribution in [3.05, 3.63) is 29.8 Å². The highest BCUT2D eigenvalue weighted by Gasteiger charge is 2.28. The number of nitrogens with zero attached hydrogens (tertiary/aromatic N) is 1. The minimum Gasteiger partial charge on any atom is -0.392 e. The van der Waals surface area contributed by atoms with Gasteiger partial charge in [-0.05, 0) is 31.4 Å². The van der Waals surface area contributed by atoms with Crippen molar-refractivity contribution >= 4 is 11.6 Å². The van der Waals surface area contributed by atoms with Gasteiger partial charge in [0.1, 0.15) is 0 Å². The van der Waals surface area contributed by atoms with E-state index in [-0.39, 0.29) is 11.9 Å². The lowest BCUT2D eigenvalue weighted by atomic mass is 10.1. The van der Waals surface area contributed by atoms with E-state index in [1.54, 1.807) is 0 Å². The number of benzene rings is 1. The molecule has 0 aliphatic carbocycles. The van der Waals surface area contributed by atoms with Crippen molar-refractivity contribution in [2.24, 2.45) is 0 Å². The molecule has 0 radical (unpaired) electrons. The second-order valence-electron chi connectivity index (χ2n) is 6.02. The maximum atomic E-state index is 12.0. The molecule has 5 heteroatoms. The fourth-order valence-electron chi connectivity index (χ4n) is 3.31. The van der Waals surface area contributed by atoms with Gasteiger partial charge in [-0.2, -0.15) is 0 Å². The molecule has 2 aliphatic heterocycles. The number of aliphatic hydroxyl groups is 1. The van der Waals surface area contributed by atoms with Gasteiger partial charge in [-0.1, -0.05) is 18.2 Å². The molecule has 0 spiro atoms. The summed E-state index contributed by atoms with van der Waals surface area (Å²) in [6, 6.07) is 8.69. The van der Waals surface area contributed by atoms with Crippen LogP contribution < -0.4 is 15.5 Å². The Hall–Kier alpha value is -1.59. The zero-order valence-corrected chi connectivity index (χ0v) is 12.4. The molecule has 1 amide bonds. The molecule has 1 fully saturated rings. The van der Waals surface area contributed by atoms with Crippen molar-refractivity contribution < 1.29 is 9.90 Å². The number of carbonyl (C=O) groups excluding carboxylic acids is 1. The first-order valence-corrected chi connectivity index (χ1v) is 7.69. The lowest BCUT2D eigenvalue weighted by Gasteiger charge is -2.25. The molecule has 3 N–H and O–H groups in total. The molecule has 5 nitrogen and oxygen atoms in total. The zero-order valence-electron chi connectivity index (χ0n) is 12.4. The fourth-order valence-corrected chi connectivity index (χ4v) is 3.31. The van der Waals surface area contributed by atoms with Crippen LogP contribution in [0.15, 0.2) is 24.3 Å². The van der Waals surface area contributed by atoms with Crippen molar-refractivity contribution in [3.8, 4) is 0 Å². The van der Waals surface area contributed by atoms with Gasteiger partial charge >= 0.3 is 0 Å². The quantitative estimate of drug-likeness (QED) is 0.745. The van der Waals surface area contributed by atoms with Gasteiger partial charge in [0.15, 0.2) is 0 Å². The summed E-state index contributed by atoms with van der Waals surface area (Å²) in [5, 5.41) is 15.4. The maximum Gasteiger partial charge on any atom is 0.237 e. The van der Waals surface area contributed by atoms with Crippen LogP contribution in [0.4, 0.5) is 5.69 Å². The molecule has 1 aromatic rings. The van der Waals surface area contributed by atoms with Crippen LogP contribution in [0.1, 0.15) is 18.9 Å². The van der Waals surface area contributed by atoms with Crippen molar-refractivity contribution in [3.63, 3.8) is 0 Å². The van der Waals surface area contributed by atoms with Crippen LogP contribution >= 0.6 is 0 Å². The van der Waals surface area contributed by atoms with Crippen molar-refractivity contribution in [1.29, 1.82) is 0 Å². The van der Waals surface area contributed by atoms with Gasteiger partial charge in [-0.25, -0.2) is 0 Å². The van der Waals surface area contributed by atoms with Crippen LogP contribution in [0.25, 0.3) is 0 Å². The average Bonchev–Trinajstić information content (AvgIpc) is 3.03. The first kappa shape index (κ1) is 14.4. The van der Waals surface area contributed by atoms with E-state index in [1.807, 2.05) is 0 Å². The number of para-hydroxylation sites is 1. The number of amides is 1. The average molecular weight is 289 g/mol. The van der Waals surface area contributed by atoms with Crippen molar-refractivity contribution in [2.75, 3.05) is 24.5 Å². The number of fused-ring (bicyclic) bond motifs is 1. The molecule has 0 aromatic heterocycles. The number of hydrogen-bond acceptors (Lipinski definition) is 4. The summed E-state index contributed by atoms with van der Waals surface area (Å²) in [4.78, 5) is 14.3. The molecule has 114 valence electrons. The first-order chi connectivity index (χ1) is 10.1. The summed E-state index contributed by atoms with van der Waals surface area (Å²) in [5.41, 5.74) is 2.67. The van der Waals surface area contributed by atoms with Gasteiger partial charge in [0.2, 0.25) is 5.91 Å². The van der Waals surface area contributed by atoms with E-state index in [0.29, 0.717) is 25.6 Å². The Labute approximate surface area is 125 Å². The molecule has 0 saturated carbocycles. The van der Waals surface area contributed by atoms with E-state index in [2.05, 4.69) is 46.7 Å². The summed E-state index contributed by atoms with van der Waals surface area (Å²) >= 11 is 0. The topological polar surface area (TPSA) is 64.6 Å². The Balaban J connectivity index is 1.51. The van der Waals surface area contributed by atoms with E-state index in [0.717, 1.165) is 13.0 Å². The minimum absolute atomic E-state index is 0.00770. The lowest BCUT2D eigenvalue weighted by Crippen LogP contribution is -2.44. The third kappa shape index (κ3) is 3.04. The number of carbonyl (C=O) groups is 1. The Morgan fingerprint density at radius 1 is 1.48 bits per heavy atom. The van der Waals surface area contributed by atoms with Crippen LogP contribution in [-0.4, -0.2) is 48.8 Å². The second kappa shape index (κ2) is 6.03. The molecular weight excluding hydrogens is 266 g/mol. The number of nitrogens with one attached hydrogen (secondary N) is 2. The Kier molecular flexibility index (Phi) is 4.12. The number of β-amino-alcohol motifs (C(OH)–C–C–N with tert-alkyl or cyclic N) is 1. The van der Waals surface area contributed by atoms with Gasteiger partial charge in [0.05, 0.1) is 12.1 Å². The number of aliphatic hydroxyl groups excluding tert-OH is 1. The third-order valence-electron chi connectivity index (χ3n) is 4.42. The molecule has 3 rings (SSSR count). The monoisotopic (exact) mass is 289 g/mol. The number of anilines is 1. The molecule has 21 heavy (non-hydrogen) atoms. The highest BCUT2D eigenvalue weighted by molar-refractivity contribution is 5.82. The van der Waals surface area contributed by atoms with E-state index in [1.165, 1.54) is 11.3 Å². The lowest BCUT2D eigenvalue weighted by molar-refractivity contribution is -0.122. The van der Waals surface area contributed by atoms with Gasteiger partial charge in [-0.3, -0.25) is 4.79 Å². The standard InChI is InChI=1S/C16H23N3O2/c1-11-8-12-4-2-3-5-15(12)19(11)7-6-17-16(21)14-9-13(20)10-18-14/h2-5,11,13-14,18,20H,6-10H2,1H3,(H,17,21). The number of rotatable bonds is 4. The Morgan fingerprint density at radius 2 is 2.29 bits per heavy atom. The zero-order chi connectivity index (χ0) is 14.8. The first-order valence-electron chi connectivity index (χ1n) is 7.69. The normalized spacial score (nSPS) is 27.7. The van der Waals surface area contributed by atoms with Crippen LogP contribution in [0.2, 0.25) is 0 Å². The van der Waals surface area contributed by atoms with Crippen molar-refractivity contribution in [2.45, 2.75) is 38.0 Å². The molecule has 3 unspecified atom stereocenters. The minimum atomic E-state index is -0.397. The smallest absolute Gasteiger partial charge is 0.237 e. The van der Waals surface area contributed by atoms with Crippen LogP contribution in [0.5, 0.6) is 0 Å². The highest BCUT2D eigenvalue weighted by Crippen LogP contribution is 2.31. The third-order valence-corrected chi connectivity index (χ3v) is 4.42.